The lowest BCUT2D eigenvalue weighted by Crippen LogP contribution is -2.39. The van der Waals surface area contributed by atoms with Gasteiger partial charge in [-0.05, 0) is 39.8 Å². The van der Waals surface area contributed by atoms with Crippen molar-refractivity contribution in [2.45, 2.75) is 37.3 Å². The van der Waals surface area contributed by atoms with Crippen LogP contribution in [0.25, 0.3) is 5.53 Å². The van der Waals surface area contributed by atoms with Crippen LogP contribution in [-0.4, -0.2) is 30.7 Å². The summed E-state index contributed by atoms with van der Waals surface area (Å²) in [5, 5.41) is 0. The molecule has 0 atom stereocenters. The highest BCUT2D eigenvalue weighted by molar-refractivity contribution is 8.31. The van der Waals surface area contributed by atoms with Crippen molar-refractivity contribution in [3.05, 3.63) is 35.4 Å². The van der Waals surface area contributed by atoms with Crippen molar-refractivity contribution in [3.8, 4) is 0 Å². The number of sulfone groups is 2. The van der Waals surface area contributed by atoms with Crippen molar-refractivity contribution in [2.24, 2.45) is 0 Å². The van der Waals surface area contributed by atoms with Crippen LogP contribution in [0.2, 0.25) is 0 Å². The zero-order valence-corrected chi connectivity index (χ0v) is 13.3. The predicted molar refractivity (Wildman–Crippen MR) is 75.7 cm³/mol. The Morgan fingerprint density at radius 2 is 1.50 bits per heavy atom. The molecular formula is C12H16N2O4S2. The van der Waals surface area contributed by atoms with Crippen molar-refractivity contribution in [1.29, 1.82) is 0 Å². The van der Waals surface area contributed by atoms with Gasteiger partial charge in [0.05, 0.1) is 9.64 Å². The molecule has 0 aromatic heterocycles. The third kappa shape index (κ3) is 2.82. The van der Waals surface area contributed by atoms with Gasteiger partial charge in [0.15, 0.2) is 0 Å². The number of rotatable bonds is 1. The molecule has 0 bridgehead atoms. The molecule has 0 aliphatic rings. The van der Waals surface area contributed by atoms with Gasteiger partial charge in [-0.1, -0.05) is 17.7 Å². The molecule has 0 fully saturated rings. The van der Waals surface area contributed by atoms with Gasteiger partial charge >= 0.3 is 4.38 Å². The van der Waals surface area contributed by atoms with E-state index in [4.69, 9.17) is 5.53 Å². The Hall–Kier alpha value is -1.50. The molecule has 0 aliphatic carbocycles. The van der Waals surface area contributed by atoms with Crippen molar-refractivity contribution in [1.82, 2.24) is 0 Å². The molecule has 0 heterocycles. The van der Waals surface area contributed by atoms with Gasteiger partial charge in [-0.25, -0.2) is 16.8 Å². The fourth-order valence-corrected chi connectivity index (χ4v) is 4.96. The molecular weight excluding hydrogens is 300 g/mol. The Morgan fingerprint density at radius 3 is 1.85 bits per heavy atom. The molecule has 20 heavy (non-hydrogen) atoms. The third-order valence-electron chi connectivity index (χ3n) is 2.68. The molecule has 8 heteroatoms. The molecule has 0 saturated carbocycles. The van der Waals surface area contributed by atoms with Crippen LogP contribution in [0.15, 0.2) is 29.2 Å². The SMILES string of the molecule is Cc1ccc(S(=O)(=O)C(=[N+]=[N-])S(=O)(=O)C(C)(C)C)cc1. The number of aryl methyl sites for hydroxylation is 1. The van der Waals surface area contributed by atoms with E-state index >= 15 is 0 Å². The molecule has 0 aliphatic heterocycles. The summed E-state index contributed by atoms with van der Waals surface area (Å²) in [6.07, 6.45) is 0. The van der Waals surface area contributed by atoms with Crippen LogP contribution in [-0.2, 0) is 19.7 Å². The van der Waals surface area contributed by atoms with Crippen molar-refractivity contribution in [3.63, 3.8) is 0 Å². The Labute approximate surface area is 118 Å². The smallest absolute Gasteiger partial charge is 0.359 e. The summed E-state index contributed by atoms with van der Waals surface area (Å²) >= 11 is 0. The van der Waals surface area contributed by atoms with Gasteiger partial charge in [0.25, 0.3) is 19.7 Å². The minimum atomic E-state index is -4.40. The maximum Gasteiger partial charge on any atom is 0.500 e. The molecule has 1 aromatic carbocycles. The van der Waals surface area contributed by atoms with E-state index in [9.17, 15) is 16.8 Å². The summed E-state index contributed by atoms with van der Waals surface area (Å²) < 4.78 is 46.4. The summed E-state index contributed by atoms with van der Waals surface area (Å²) in [6.45, 7) is 5.76. The Bertz CT molecular complexity index is 764. The van der Waals surface area contributed by atoms with E-state index in [1.54, 1.807) is 6.92 Å². The largest absolute Gasteiger partial charge is 0.500 e. The quantitative estimate of drug-likeness (QED) is 0.339. The molecule has 0 unspecified atom stereocenters. The number of nitrogens with zero attached hydrogens (tertiary/aromatic N) is 2. The average Bonchev–Trinajstić information content (AvgIpc) is 2.28. The fraction of sp³-hybridized carbons (Fsp3) is 0.417. The Balaban J connectivity index is 3.56. The number of hydrogen-bond donors (Lipinski definition) is 0. The molecule has 0 amide bonds. The zero-order chi connectivity index (χ0) is 15.8. The van der Waals surface area contributed by atoms with Crippen LogP contribution in [0, 0.1) is 6.92 Å². The molecule has 0 N–H and O–H groups in total. The van der Waals surface area contributed by atoms with Crippen LogP contribution in [0.4, 0.5) is 0 Å². The molecule has 0 saturated heterocycles. The predicted octanol–water partition coefficient (Wildman–Crippen LogP) is 1.57. The second-order valence-corrected chi connectivity index (χ2v) is 10.0. The van der Waals surface area contributed by atoms with Gasteiger partial charge in [-0.3, -0.25) is 0 Å². The first-order chi connectivity index (χ1) is 8.94. The molecule has 0 spiro atoms. The van der Waals surface area contributed by atoms with Gasteiger partial charge in [0, 0.05) is 0 Å². The highest BCUT2D eigenvalue weighted by atomic mass is 32.3. The van der Waals surface area contributed by atoms with E-state index in [1.165, 1.54) is 45.0 Å². The van der Waals surface area contributed by atoms with Crippen LogP contribution in [0.1, 0.15) is 26.3 Å². The Kier molecular flexibility index (Phi) is 4.24. The van der Waals surface area contributed by atoms with Crippen LogP contribution < -0.4 is 0 Å². The summed E-state index contributed by atoms with van der Waals surface area (Å²) in [5.74, 6) is 0. The third-order valence-corrected chi connectivity index (χ3v) is 7.58. The second-order valence-electron chi connectivity index (χ2n) is 5.30. The standard InChI is InChI=1S/C12H16N2O4S2/c1-9-5-7-10(8-6-9)19(15,16)11(14-13)20(17,18)12(2,3)4/h5-8H,1-4H3. The second kappa shape index (κ2) is 5.12. The van der Waals surface area contributed by atoms with E-state index in [-0.39, 0.29) is 4.90 Å². The topological polar surface area (TPSA) is 105 Å². The summed E-state index contributed by atoms with van der Waals surface area (Å²) in [4.78, 5) is 2.30. The van der Waals surface area contributed by atoms with Gasteiger partial charge in [-0.2, -0.15) is 0 Å². The molecule has 1 aromatic rings. The summed E-state index contributed by atoms with van der Waals surface area (Å²) in [7, 11) is -8.69. The van der Waals surface area contributed by atoms with Gasteiger partial charge in [0.1, 0.15) is 0 Å². The monoisotopic (exact) mass is 316 g/mol. The fourth-order valence-electron chi connectivity index (χ4n) is 1.33. The van der Waals surface area contributed by atoms with Gasteiger partial charge < -0.3 is 5.53 Å². The van der Waals surface area contributed by atoms with E-state index < -0.39 is 28.8 Å². The lowest BCUT2D eigenvalue weighted by Gasteiger charge is -2.15. The first kappa shape index (κ1) is 16.6. The van der Waals surface area contributed by atoms with Crippen LogP contribution in [0.3, 0.4) is 0 Å². The van der Waals surface area contributed by atoms with Crippen molar-refractivity contribution >= 4 is 24.1 Å². The maximum atomic E-state index is 12.3. The lowest BCUT2D eigenvalue weighted by atomic mass is 10.2. The molecule has 6 nitrogen and oxygen atoms in total. The molecule has 110 valence electrons. The summed E-state index contributed by atoms with van der Waals surface area (Å²) in [5.41, 5.74) is 9.73. The minimum Gasteiger partial charge on any atom is -0.359 e. The lowest BCUT2D eigenvalue weighted by molar-refractivity contribution is 0.00366. The number of hydrogen-bond acceptors (Lipinski definition) is 4. The van der Waals surface area contributed by atoms with Crippen LogP contribution >= 0.6 is 0 Å². The van der Waals surface area contributed by atoms with Gasteiger partial charge in [0.2, 0.25) is 0 Å². The van der Waals surface area contributed by atoms with E-state index in [0.717, 1.165) is 5.56 Å². The maximum absolute atomic E-state index is 12.3. The Morgan fingerprint density at radius 1 is 1.05 bits per heavy atom. The normalized spacial score (nSPS) is 12.8. The molecule has 1 rings (SSSR count). The van der Waals surface area contributed by atoms with Crippen molar-refractivity contribution < 1.29 is 21.6 Å². The first-order valence-corrected chi connectivity index (χ1v) is 8.69. The van der Waals surface area contributed by atoms with Crippen molar-refractivity contribution in [2.75, 3.05) is 0 Å². The van der Waals surface area contributed by atoms with Gasteiger partial charge in [-0.15, -0.1) is 4.79 Å². The first-order valence-electron chi connectivity index (χ1n) is 5.73. The highest BCUT2D eigenvalue weighted by Crippen LogP contribution is 2.23. The van der Waals surface area contributed by atoms with Crippen LogP contribution in [0.5, 0.6) is 0 Å². The molecule has 0 radical (unpaired) electrons. The van der Waals surface area contributed by atoms with E-state index in [1.807, 2.05) is 0 Å². The zero-order valence-electron chi connectivity index (χ0n) is 11.7. The summed E-state index contributed by atoms with van der Waals surface area (Å²) in [6, 6.07) is 5.61. The average molecular weight is 316 g/mol. The van der Waals surface area contributed by atoms with E-state index in [0.29, 0.717) is 0 Å². The van der Waals surface area contributed by atoms with E-state index in [2.05, 4.69) is 4.79 Å². The minimum absolute atomic E-state index is 0.233. The highest BCUT2D eigenvalue weighted by Gasteiger charge is 2.49. The number of benzene rings is 1.